The molecular formula is C15H18N4. The van der Waals surface area contributed by atoms with Gasteiger partial charge < -0.3 is 5.32 Å². The van der Waals surface area contributed by atoms with Gasteiger partial charge in [-0.25, -0.2) is 9.97 Å². The lowest BCUT2D eigenvalue weighted by Gasteiger charge is -2.23. The average Bonchev–Trinajstić information content (AvgIpc) is 3.17. The normalized spacial score (nSPS) is 28.7. The van der Waals surface area contributed by atoms with E-state index in [1.54, 1.807) is 12.5 Å². The number of nitrogens with one attached hydrogen (secondary N) is 1. The van der Waals surface area contributed by atoms with Gasteiger partial charge in [0.05, 0.1) is 11.9 Å². The summed E-state index contributed by atoms with van der Waals surface area (Å²) in [5.41, 5.74) is 1.14. The van der Waals surface area contributed by atoms with Crippen molar-refractivity contribution in [1.29, 1.82) is 0 Å². The molecule has 2 aromatic heterocycles. The second-order valence-electron chi connectivity index (χ2n) is 5.80. The van der Waals surface area contributed by atoms with Crippen LogP contribution in [0.25, 0.3) is 5.82 Å². The molecule has 2 saturated carbocycles. The van der Waals surface area contributed by atoms with E-state index in [1.165, 1.54) is 25.7 Å². The molecule has 1 N–H and O–H groups in total. The molecule has 0 spiro atoms. The number of hydrogen-bond acceptors (Lipinski definition) is 3. The lowest BCUT2D eigenvalue weighted by atomic mass is 9.95. The fourth-order valence-electron chi connectivity index (χ4n) is 3.65. The summed E-state index contributed by atoms with van der Waals surface area (Å²) < 4.78 is 1.92. The van der Waals surface area contributed by atoms with Crippen molar-refractivity contribution in [2.45, 2.75) is 31.7 Å². The van der Waals surface area contributed by atoms with Crippen LogP contribution < -0.4 is 5.32 Å². The van der Waals surface area contributed by atoms with E-state index in [2.05, 4.69) is 21.4 Å². The molecule has 2 heterocycles. The second-order valence-corrected chi connectivity index (χ2v) is 5.80. The highest BCUT2D eigenvalue weighted by Gasteiger charge is 2.39. The Labute approximate surface area is 112 Å². The summed E-state index contributed by atoms with van der Waals surface area (Å²) in [4.78, 5) is 8.52. The molecule has 2 aromatic rings. The number of fused-ring (bicyclic) bond motifs is 2. The van der Waals surface area contributed by atoms with Gasteiger partial charge in [-0.15, -0.1) is 0 Å². The summed E-state index contributed by atoms with van der Waals surface area (Å²) in [6.45, 7) is 0. The number of pyridine rings is 1. The van der Waals surface area contributed by atoms with Crippen LogP contribution in [0.1, 0.15) is 25.7 Å². The molecule has 19 heavy (non-hydrogen) atoms. The third-order valence-electron chi connectivity index (χ3n) is 4.61. The van der Waals surface area contributed by atoms with Crippen molar-refractivity contribution in [2.24, 2.45) is 11.8 Å². The van der Waals surface area contributed by atoms with Crippen molar-refractivity contribution >= 4 is 5.69 Å². The number of rotatable bonds is 3. The van der Waals surface area contributed by atoms with Gasteiger partial charge in [0.15, 0.2) is 0 Å². The molecule has 0 saturated heterocycles. The van der Waals surface area contributed by atoms with Crippen molar-refractivity contribution < 1.29 is 0 Å². The molecule has 0 aliphatic heterocycles. The van der Waals surface area contributed by atoms with Crippen molar-refractivity contribution in [3.63, 3.8) is 0 Å². The van der Waals surface area contributed by atoms with Crippen LogP contribution in [0.5, 0.6) is 0 Å². The number of hydrogen-bond donors (Lipinski definition) is 1. The summed E-state index contributed by atoms with van der Waals surface area (Å²) in [6, 6.07) is 4.82. The van der Waals surface area contributed by atoms with Crippen LogP contribution in [-0.2, 0) is 0 Å². The van der Waals surface area contributed by atoms with Crippen LogP contribution in [0, 0.1) is 11.8 Å². The maximum Gasteiger partial charge on any atom is 0.137 e. The Balaban J connectivity index is 1.48. The molecule has 2 aliphatic rings. The smallest absolute Gasteiger partial charge is 0.137 e. The SMILES string of the molecule is c1cn(-c2ccc(NC3CC4CCC3C4)cn2)cn1. The zero-order valence-electron chi connectivity index (χ0n) is 10.9. The first-order valence-corrected chi connectivity index (χ1v) is 7.09. The van der Waals surface area contributed by atoms with Crippen molar-refractivity contribution in [2.75, 3.05) is 5.32 Å². The Hall–Kier alpha value is -1.84. The van der Waals surface area contributed by atoms with E-state index in [0.717, 1.165) is 23.3 Å². The van der Waals surface area contributed by atoms with Gasteiger partial charge in [-0.05, 0) is 43.2 Å². The number of imidazole rings is 1. The lowest BCUT2D eigenvalue weighted by Crippen LogP contribution is -2.25. The number of nitrogens with zero attached hydrogens (tertiary/aromatic N) is 3. The van der Waals surface area contributed by atoms with Crippen molar-refractivity contribution in [3.8, 4) is 5.82 Å². The summed E-state index contributed by atoms with van der Waals surface area (Å²) >= 11 is 0. The Morgan fingerprint density at radius 3 is 2.84 bits per heavy atom. The van der Waals surface area contributed by atoms with Gasteiger partial charge in [-0.2, -0.15) is 0 Å². The summed E-state index contributed by atoms with van der Waals surface area (Å²) in [5, 5.41) is 3.66. The number of anilines is 1. The molecule has 2 bridgehead atoms. The van der Waals surface area contributed by atoms with Crippen LogP contribution in [0.15, 0.2) is 37.1 Å². The lowest BCUT2D eigenvalue weighted by molar-refractivity contribution is 0.439. The van der Waals surface area contributed by atoms with E-state index >= 15 is 0 Å². The molecule has 3 atom stereocenters. The number of aromatic nitrogens is 3. The molecular weight excluding hydrogens is 236 g/mol. The van der Waals surface area contributed by atoms with Crippen LogP contribution in [0.3, 0.4) is 0 Å². The van der Waals surface area contributed by atoms with Gasteiger partial charge in [-0.3, -0.25) is 4.57 Å². The minimum absolute atomic E-state index is 0.666. The van der Waals surface area contributed by atoms with Gasteiger partial charge in [0, 0.05) is 18.4 Å². The molecule has 98 valence electrons. The van der Waals surface area contributed by atoms with E-state index < -0.39 is 0 Å². The highest BCUT2D eigenvalue weighted by atomic mass is 15.1. The van der Waals surface area contributed by atoms with E-state index in [0.29, 0.717) is 6.04 Å². The van der Waals surface area contributed by atoms with Gasteiger partial charge >= 0.3 is 0 Å². The largest absolute Gasteiger partial charge is 0.381 e. The predicted octanol–water partition coefficient (Wildman–Crippen LogP) is 2.87. The highest BCUT2D eigenvalue weighted by Crippen LogP contribution is 2.45. The fraction of sp³-hybridized carbons (Fsp3) is 0.467. The maximum absolute atomic E-state index is 4.49. The van der Waals surface area contributed by atoms with Crippen LogP contribution in [-0.4, -0.2) is 20.6 Å². The van der Waals surface area contributed by atoms with Gasteiger partial charge in [-0.1, -0.05) is 6.42 Å². The Morgan fingerprint density at radius 1 is 1.21 bits per heavy atom. The van der Waals surface area contributed by atoms with Crippen LogP contribution in [0.2, 0.25) is 0 Å². The van der Waals surface area contributed by atoms with Crippen molar-refractivity contribution in [1.82, 2.24) is 14.5 Å². The summed E-state index contributed by atoms with van der Waals surface area (Å²) in [7, 11) is 0. The third-order valence-corrected chi connectivity index (χ3v) is 4.61. The zero-order valence-corrected chi connectivity index (χ0v) is 10.9. The first-order chi connectivity index (χ1) is 9.38. The van der Waals surface area contributed by atoms with E-state index in [1.807, 2.05) is 23.0 Å². The highest BCUT2D eigenvalue weighted by molar-refractivity contribution is 5.45. The Morgan fingerprint density at radius 2 is 2.21 bits per heavy atom. The molecule has 4 heteroatoms. The first kappa shape index (κ1) is 11.0. The van der Waals surface area contributed by atoms with E-state index in [-0.39, 0.29) is 0 Å². The Bertz CT molecular complexity index is 546. The monoisotopic (exact) mass is 254 g/mol. The second kappa shape index (κ2) is 4.37. The Kier molecular flexibility index (Phi) is 2.53. The zero-order chi connectivity index (χ0) is 12.7. The average molecular weight is 254 g/mol. The predicted molar refractivity (Wildman–Crippen MR) is 74.2 cm³/mol. The summed E-state index contributed by atoms with van der Waals surface area (Å²) in [5.74, 6) is 2.77. The topological polar surface area (TPSA) is 42.7 Å². The van der Waals surface area contributed by atoms with Gasteiger partial charge in [0.1, 0.15) is 12.1 Å². The maximum atomic E-state index is 4.49. The minimum atomic E-state index is 0.666. The van der Waals surface area contributed by atoms with E-state index in [4.69, 9.17) is 0 Å². The molecule has 2 aliphatic carbocycles. The fourth-order valence-corrected chi connectivity index (χ4v) is 3.65. The molecule has 0 amide bonds. The van der Waals surface area contributed by atoms with E-state index in [9.17, 15) is 0 Å². The molecule has 0 radical (unpaired) electrons. The van der Waals surface area contributed by atoms with Crippen molar-refractivity contribution in [3.05, 3.63) is 37.1 Å². The molecule has 3 unspecified atom stereocenters. The summed E-state index contributed by atoms with van der Waals surface area (Å²) in [6.07, 6.45) is 13.0. The first-order valence-electron chi connectivity index (χ1n) is 7.09. The standard InChI is InChI=1S/C15H18N4/c1-2-12-7-11(1)8-14(12)18-13-3-4-15(17-9-13)19-6-5-16-10-19/h3-6,9-12,14,18H,1-2,7-8H2. The molecule has 4 nitrogen and oxygen atoms in total. The molecule has 2 fully saturated rings. The quantitative estimate of drug-likeness (QED) is 0.915. The van der Waals surface area contributed by atoms with Gasteiger partial charge in [0.25, 0.3) is 0 Å². The molecule has 0 aromatic carbocycles. The van der Waals surface area contributed by atoms with Crippen LogP contribution in [0.4, 0.5) is 5.69 Å². The third kappa shape index (κ3) is 2.01. The van der Waals surface area contributed by atoms with Gasteiger partial charge in [0.2, 0.25) is 0 Å². The van der Waals surface area contributed by atoms with Crippen LogP contribution >= 0.6 is 0 Å². The minimum Gasteiger partial charge on any atom is -0.381 e. The molecule has 4 rings (SSSR count).